The maximum absolute atomic E-state index is 3.52. The summed E-state index contributed by atoms with van der Waals surface area (Å²) in [6, 6.07) is 30.3. The van der Waals surface area contributed by atoms with Gasteiger partial charge in [0.1, 0.15) is 6.54 Å². The zero-order chi connectivity index (χ0) is 19.9. The van der Waals surface area contributed by atoms with Gasteiger partial charge in [0.05, 0.1) is 4.90 Å². The molecule has 4 rings (SSSR count). The van der Waals surface area contributed by atoms with Crippen molar-refractivity contribution in [3.05, 3.63) is 101 Å². The molecule has 3 aromatic carbocycles. The normalized spacial score (nSPS) is 11.1. The van der Waals surface area contributed by atoms with Crippen molar-refractivity contribution in [2.75, 3.05) is 0 Å². The van der Waals surface area contributed by atoms with Gasteiger partial charge in [0.25, 0.3) is 0 Å². The zero-order valence-corrected chi connectivity index (χ0v) is 18.8. The lowest BCUT2D eigenvalue weighted by atomic mass is 10.1. The minimum atomic E-state index is 1.06. The molecule has 0 aliphatic rings. The second kappa shape index (κ2) is 10.1. The van der Waals surface area contributed by atoms with Gasteiger partial charge in [-0.3, -0.25) is 0 Å². The molecule has 0 saturated heterocycles. The summed E-state index contributed by atoms with van der Waals surface area (Å²) in [5.74, 6) is 0. The summed E-state index contributed by atoms with van der Waals surface area (Å²) < 4.78 is 3.55. The van der Waals surface area contributed by atoms with Gasteiger partial charge in [-0.15, -0.1) is 0 Å². The molecule has 1 nitrogen and oxygen atoms in total. The highest BCUT2D eigenvalue weighted by molar-refractivity contribution is 9.10. The fourth-order valence-electron chi connectivity index (χ4n) is 3.60. The highest BCUT2D eigenvalue weighted by Crippen LogP contribution is 2.29. The molecule has 1 heterocycles. The number of benzene rings is 3. The van der Waals surface area contributed by atoms with E-state index in [0.29, 0.717) is 0 Å². The van der Waals surface area contributed by atoms with Crippen molar-refractivity contribution in [3.63, 3.8) is 0 Å². The minimum absolute atomic E-state index is 1.06. The van der Waals surface area contributed by atoms with Gasteiger partial charge in [-0.05, 0) is 61.2 Å². The monoisotopic (exact) mass is 462 g/mol. The Morgan fingerprint density at radius 2 is 1.48 bits per heavy atom. The van der Waals surface area contributed by atoms with E-state index in [9.17, 15) is 0 Å². The lowest BCUT2D eigenvalue weighted by molar-refractivity contribution is -0.673. The smallest absolute Gasteiger partial charge is 0.197 e. The predicted octanol–water partition coefficient (Wildman–Crippen LogP) is 7.45. The first kappa shape index (κ1) is 20.2. The van der Waals surface area contributed by atoms with E-state index in [0.717, 1.165) is 11.0 Å². The Morgan fingerprint density at radius 3 is 2.31 bits per heavy atom. The van der Waals surface area contributed by atoms with Crippen LogP contribution in [0, 0.1) is 0 Å². The summed E-state index contributed by atoms with van der Waals surface area (Å²) >= 11 is 5.34. The first-order chi connectivity index (χ1) is 14.3. The largest absolute Gasteiger partial charge is 0.212 e. The second-order valence-electron chi connectivity index (χ2n) is 7.28. The number of nitrogens with zero attached hydrogens (tertiary/aromatic N) is 1. The number of aromatic nitrogens is 1. The number of fused-ring (bicyclic) bond motifs is 1. The van der Waals surface area contributed by atoms with Gasteiger partial charge in [-0.25, -0.2) is 0 Å². The van der Waals surface area contributed by atoms with Gasteiger partial charge in [-0.1, -0.05) is 70.2 Å². The first-order valence-corrected chi connectivity index (χ1v) is 11.8. The highest BCUT2D eigenvalue weighted by Gasteiger charge is 2.12. The van der Waals surface area contributed by atoms with Gasteiger partial charge < -0.3 is 0 Å². The van der Waals surface area contributed by atoms with E-state index < -0.39 is 0 Å². The molecule has 0 saturated carbocycles. The Kier molecular flexibility index (Phi) is 7.02. The van der Waals surface area contributed by atoms with Crippen LogP contribution in [0.5, 0.6) is 0 Å². The van der Waals surface area contributed by atoms with Gasteiger partial charge in [0, 0.05) is 27.2 Å². The van der Waals surface area contributed by atoms with Crippen LogP contribution in [0.15, 0.2) is 105 Å². The Balaban J connectivity index is 1.43. The summed E-state index contributed by atoms with van der Waals surface area (Å²) in [7, 11) is 0. The van der Waals surface area contributed by atoms with Crippen LogP contribution in [0.1, 0.15) is 24.8 Å². The molecule has 0 N–H and O–H groups in total. The summed E-state index contributed by atoms with van der Waals surface area (Å²) in [5, 5.41) is 1.30. The standard InChI is InChI=1S/C26H25BrNS/c27-23-14-16-24(17-15-23)29-25-19-22-12-6-7-13-26(22)28(20-25)18-8-2-5-11-21-9-3-1-4-10-21/h1,3-4,6-7,9-10,12-17,19-20H,2,5,8,11,18H2/q+1. The lowest BCUT2D eigenvalue weighted by Gasteiger charge is -2.06. The number of hydrogen-bond donors (Lipinski definition) is 0. The molecule has 0 atom stereocenters. The van der Waals surface area contributed by atoms with E-state index in [1.54, 1.807) is 0 Å². The zero-order valence-electron chi connectivity index (χ0n) is 16.4. The predicted molar refractivity (Wildman–Crippen MR) is 126 cm³/mol. The number of aryl methyl sites for hydroxylation is 2. The van der Waals surface area contributed by atoms with Crippen LogP contribution in [0.25, 0.3) is 10.9 Å². The van der Waals surface area contributed by atoms with Gasteiger partial charge >= 0.3 is 0 Å². The molecular weight excluding hydrogens is 438 g/mol. The average molecular weight is 463 g/mol. The molecule has 29 heavy (non-hydrogen) atoms. The van der Waals surface area contributed by atoms with Crippen molar-refractivity contribution in [2.45, 2.75) is 42.0 Å². The molecule has 0 bridgehead atoms. The highest BCUT2D eigenvalue weighted by atomic mass is 79.9. The summed E-state index contributed by atoms with van der Waals surface area (Å²) in [5.41, 5.74) is 2.76. The van der Waals surface area contributed by atoms with Crippen molar-refractivity contribution in [1.29, 1.82) is 0 Å². The van der Waals surface area contributed by atoms with Gasteiger partial charge in [0.2, 0.25) is 5.52 Å². The number of hydrogen-bond acceptors (Lipinski definition) is 1. The second-order valence-corrected chi connectivity index (χ2v) is 9.34. The third kappa shape index (κ3) is 5.71. The van der Waals surface area contributed by atoms with Gasteiger partial charge in [-0.2, -0.15) is 4.57 Å². The van der Waals surface area contributed by atoms with Gasteiger partial charge in [0.15, 0.2) is 6.20 Å². The third-order valence-corrected chi connectivity index (χ3v) is 6.58. The molecule has 0 aliphatic heterocycles. The maximum atomic E-state index is 3.52. The fraction of sp³-hybridized carbons (Fsp3) is 0.192. The minimum Gasteiger partial charge on any atom is -0.197 e. The van der Waals surface area contributed by atoms with Crippen LogP contribution < -0.4 is 4.57 Å². The van der Waals surface area contributed by atoms with Crippen LogP contribution in [-0.2, 0) is 13.0 Å². The van der Waals surface area contributed by atoms with E-state index in [1.807, 2.05) is 11.8 Å². The number of para-hydroxylation sites is 1. The molecule has 0 radical (unpaired) electrons. The first-order valence-electron chi connectivity index (χ1n) is 10.2. The van der Waals surface area contributed by atoms with Crippen LogP contribution in [0.3, 0.4) is 0 Å². The quantitative estimate of drug-likeness (QED) is 0.194. The van der Waals surface area contributed by atoms with E-state index >= 15 is 0 Å². The Hall–Kier alpha value is -2.10. The number of halogens is 1. The molecule has 0 unspecified atom stereocenters. The van der Waals surface area contributed by atoms with Crippen LogP contribution in [0.2, 0.25) is 0 Å². The molecule has 0 amide bonds. The molecule has 0 aliphatic carbocycles. The maximum Gasteiger partial charge on any atom is 0.212 e. The SMILES string of the molecule is Brc1ccc(Sc2cc3ccccc3[n+](CCCCCc3ccccc3)c2)cc1. The molecule has 3 heteroatoms. The molecule has 1 aromatic heterocycles. The lowest BCUT2D eigenvalue weighted by Crippen LogP contribution is -2.34. The van der Waals surface area contributed by atoms with Crippen molar-refractivity contribution in [1.82, 2.24) is 0 Å². The Morgan fingerprint density at radius 1 is 0.724 bits per heavy atom. The van der Waals surface area contributed by atoms with Crippen LogP contribution in [0.4, 0.5) is 0 Å². The average Bonchev–Trinajstić information content (AvgIpc) is 2.76. The summed E-state index contributed by atoms with van der Waals surface area (Å²) in [4.78, 5) is 2.55. The Labute approximate surface area is 185 Å². The van der Waals surface area contributed by atoms with E-state index in [4.69, 9.17) is 0 Å². The molecule has 0 spiro atoms. The summed E-state index contributed by atoms with van der Waals surface area (Å²) in [6.07, 6.45) is 7.18. The van der Waals surface area contributed by atoms with Crippen LogP contribution >= 0.6 is 27.7 Å². The Bertz CT molecular complexity index is 1060. The topological polar surface area (TPSA) is 3.88 Å². The van der Waals surface area contributed by atoms with E-state index in [2.05, 4.69) is 112 Å². The number of pyridine rings is 1. The van der Waals surface area contributed by atoms with Crippen molar-refractivity contribution in [2.24, 2.45) is 0 Å². The van der Waals surface area contributed by atoms with E-state index in [1.165, 1.54) is 51.9 Å². The number of unbranched alkanes of at least 4 members (excludes halogenated alkanes) is 2. The van der Waals surface area contributed by atoms with Crippen molar-refractivity contribution >= 4 is 38.6 Å². The molecular formula is C26H25BrNS+. The third-order valence-electron chi connectivity index (χ3n) is 5.08. The van der Waals surface area contributed by atoms with Crippen LogP contribution in [-0.4, -0.2) is 0 Å². The molecule has 4 aromatic rings. The molecule has 146 valence electrons. The summed E-state index contributed by atoms with van der Waals surface area (Å²) in [6.45, 7) is 1.06. The van der Waals surface area contributed by atoms with Crippen molar-refractivity contribution in [3.8, 4) is 0 Å². The van der Waals surface area contributed by atoms with Crippen molar-refractivity contribution < 1.29 is 4.57 Å². The fourth-order valence-corrected chi connectivity index (χ4v) is 4.77. The molecule has 0 fully saturated rings. The number of rotatable bonds is 8. The van der Waals surface area contributed by atoms with E-state index in [-0.39, 0.29) is 0 Å².